The minimum atomic E-state index is 0.0879. The summed E-state index contributed by atoms with van der Waals surface area (Å²) in [5.74, 6) is 2.11. The Labute approximate surface area is 96.2 Å². The number of rotatable bonds is 4. The van der Waals surface area contributed by atoms with Gasteiger partial charge in [0.15, 0.2) is 0 Å². The van der Waals surface area contributed by atoms with Gasteiger partial charge in [-0.2, -0.15) is 4.98 Å². The molecule has 1 fully saturated rings. The second kappa shape index (κ2) is 4.20. The number of ether oxygens (including phenoxy) is 1. The summed E-state index contributed by atoms with van der Waals surface area (Å²) in [6.07, 6.45) is 1.30. The van der Waals surface area contributed by atoms with Crippen molar-refractivity contribution in [3.63, 3.8) is 0 Å². The maximum absolute atomic E-state index is 5.80. The molecular weight excluding hydrogens is 202 g/mol. The maximum Gasteiger partial charge on any atom is 0.239 e. The highest BCUT2D eigenvalue weighted by atomic mass is 16.5. The van der Waals surface area contributed by atoms with Crippen LogP contribution in [0.25, 0.3) is 0 Å². The Morgan fingerprint density at radius 2 is 2.19 bits per heavy atom. The molecule has 0 amide bonds. The van der Waals surface area contributed by atoms with Gasteiger partial charge < -0.3 is 15.8 Å². The van der Waals surface area contributed by atoms with E-state index < -0.39 is 0 Å². The van der Waals surface area contributed by atoms with Crippen LogP contribution in [0.2, 0.25) is 0 Å². The molecule has 1 aromatic heterocycles. The lowest BCUT2D eigenvalue weighted by molar-refractivity contribution is 0.234. The molecule has 88 valence electrons. The SMILES string of the molecule is CC(C)Oc1nc(NC2CC2C)ccc1N. The van der Waals surface area contributed by atoms with Crippen LogP contribution in [0.5, 0.6) is 5.88 Å². The van der Waals surface area contributed by atoms with Crippen LogP contribution in [0.3, 0.4) is 0 Å². The zero-order valence-electron chi connectivity index (χ0n) is 10.0. The smallest absolute Gasteiger partial charge is 0.239 e. The van der Waals surface area contributed by atoms with Crippen LogP contribution >= 0.6 is 0 Å². The summed E-state index contributed by atoms with van der Waals surface area (Å²) in [5, 5.41) is 3.36. The lowest BCUT2D eigenvalue weighted by Gasteiger charge is -2.12. The highest BCUT2D eigenvalue weighted by Crippen LogP contribution is 2.33. The van der Waals surface area contributed by atoms with Gasteiger partial charge in [-0.15, -0.1) is 0 Å². The average Bonchev–Trinajstić information content (AvgIpc) is 2.87. The molecule has 2 atom stereocenters. The molecule has 0 aromatic carbocycles. The summed E-state index contributed by atoms with van der Waals surface area (Å²) < 4.78 is 5.54. The monoisotopic (exact) mass is 221 g/mol. The highest BCUT2D eigenvalue weighted by molar-refractivity contribution is 5.54. The largest absolute Gasteiger partial charge is 0.473 e. The van der Waals surface area contributed by atoms with Crippen LogP contribution in [-0.2, 0) is 0 Å². The predicted molar refractivity (Wildman–Crippen MR) is 65.6 cm³/mol. The summed E-state index contributed by atoms with van der Waals surface area (Å²) in [5.41, 5.74) is 6.38. The van der Waals surface area contributed by atoms with Crippen molar-refractivity contribution < 1.29 is 4.74 Å². The summed E-state index contributed by atoms with van der Waals surface area (Å²) in [4.78, 5) is 4.37. The van der Waals surface area contributed by atoms with Crippen molar-refractivity contribution >= 4 is 11.5 Å². The van der Waals surface area contributed by atoms with Crippen LogP contribution < -0.4 is 15.8 Å². The standard InChI is InChI=1S/C12H19N3O/c1-7(2)16-12-9(13)4-5-11(15-12)14-10-6-8(10)3/h4-5,7-8,10H,6,13H2,1-3H3,(H,14,15). The number of hydrogen-bond acceptors (Lipinski definition) is 4. The second-order valence-corrected chi connectivity index (χ2v) is 4.72. The van der Waals surface area contributed by atoms with Crippen LogP contribution in [0.4, 0.5) is 11.5 Å². The Morgan fingerprint density at radius 1 is 1.50 bits per heavy atom. The fourth-order valence-corrected chi connectivity index (χ4v) is 1.56. The topological polar surface area (TPSA) is 60.2 Å². The minimum absolute atomic E-state index is 0.0879. The van der Waals surface area contributed by atoms with Gasteiger partial charge in [-0.3, -0.25) is 0 Å². The van der Waals surface area contributed by atoms with Crippen molar-refractivity contribution in [2.45, 2.75) is 39.3 Å². The molecule has 1 aliphatic rings. The molecule has 1 aliphatic carbocycles. The van der Waals surface area contributed by atoms with E-state index in [1.807, 2.05) is 26.0 Å². The van der Waals surface area contributed by atoms with Crippen molar-refractivity contribution in [3.8, 4) is 5.88 Å². The van der Waals surface area contributed by atoms with E-state index in [-0.39, 0.29) is 6.10 Å². The molecule has 3 N–H and O–H groups in total. The average molecular weight is 221 g/mol. The lowest BCUT2D eigenvalue weighted by atomic mass is 10.3. The molecule has 1 saturated carbocycles. The molecule has 0 saturated heterocycles. The molecule has 4 heteroatoms. The molecule has 0 radical (unpaired) electrons. The fourth-order valence-electron chi connectivity index (χ4n) is 1.56. The van der Waals surface area contributed by atoms with Gasteiger partial charge in [0.2, 0.25) is 5.88 Å². The Balaban J connectivity index is 2.08. The van der Waals surface area contributed by atoms with E-state index in [9.17, 15) is 0 Å². The Bertz CT molecular complexity index is 379. The molecule has 1 heterocycles. The molecule has 2 rings (SSSR count). The lowest BCUT2D eigenvalue weighted by Crippen LogP contribution is -2.11. The van der Waals surface area contributed by atoms with E-state index >= 15 is 0 Å². The first-order valence-electron chi connectivity index (χ1n) is 5.76. The first kappa shape index (κ1) is 11.0. The Hall–Kier alpha value is -1.45. The normalized spacial score (nSPS) is 23.2. The van der Waals surface area contributed by atoms with Crippen LogP contribution in [-0.4, -0.2) is 17.1 Å². The summed E-state index contributed by atoms with van der Waals surface area (Å²) in [7, 11) is 0. The van der Waals surface area contributed by atoms with Gasteiger partial charge >= 0.3 is 0 Å². The van der Waals surface area contributed by atoms with Gasteiger partial charge in [0.25, 0.3) is 0 Å². The molecule has 4 nitrogen and oxygen atoms in total. The summed E-state index contributed by atoms with van der Waals surface area (Å²) in [6.45, 7) is 6.15. The molecule has 1 aromatic rings. The third-order valence-corrected chi connectivity index (χ3v) is 2.68. The summed E-state index contributed by atoms with van der Waals surface area (Å²) >= 11 is 0. The van der Waals surface area contributed by atoms with Gasteiger partial charge in [-0.25, -0.2) is 0 Å². The number of hydrogen-bond donors (Lipinski definition) is 2. The first-order valence-corrected chi connectivity index (χ1v) is 5.76. The zero-order chi connectivity index (χ0) is 11.7. The predicted octanol–water partition coefficient (Wildman–Crippen LogP) is 2.27. The number of pyridine rings is 1. The number of nitrogen functional groups attached to an aromatic ring is 1. The van der Waals surface area contributed by atoms with Gasteiger partial charge in [0.1, 0.15) is 5.82 Å². The summed E-state index contributed by atoms with van der Waals surface area (Å²) in [6, 6.07) is 4.29. The van der Waals surface area contributed by atoms with E-state index in [0.717, 1.165) is 11.7 Å². The molecule has 0 bridgehead atoms. The molecular formula is C12H19N3O. The van der Waals surface area contributed by atoms with Gasteiger partial charge in [-0.05, 0) is 38.3 Å². The molecule has 0 spiro atoms. The minimum Gasteiger partial charge on any atom is -0.473 e. The number of nitrogens with one attached hydrogen (secondary N) is 1. The van der Waals surface area contributed by atoms with E-state index in [2.05, 4.69) is 17.2 Å². The third kappa shape index (κ3) is 2.56. The molecule has 16 heavy (non-hydrogen) atoms. The van der Waals surface area contributed by atoms with E-state index in [1.54, 1.807) is 0 Å². The van der Waals surface area contributed by atoms with E-state index in [4.69, 9.17) is 10.5 Å². The quantitative estimate of drug-likeness (QED) is 0.818. The van der Waals surface area contributed by atoms with Crippen LogP contribution in [0, 0.1) is 5.92 Å². The fraction of sp³-hybridized carbons (Fsp3) is 0.583. The van der Waals surface area contributed by atoms with Crippen LogP contribution in [0.1, 0.15) is 27.2 Å². The first-order chi connectivity index (χ1) is 7.56. The maximum atomic E-state index is 5.80. The number of anilines is 2. The zero-order valence-corrected chi connectivity index (χ0v) is 10.0. The van der Waals surface area contributed by atoms with E-state index in [1.165, 1.54) is 6.42 Å². The second-order valence-electron chi connectivity index (χ2n) is 4.72. The van der Waals surface area contributed by atoms with E-state index in [0.29, 0.717) is 17.6 Å². The highest BCUT2D eigenvalue weighted by Gasteiger charge is 2.32. The molecule has 0 aliphatic heterocycles. The molecule has 2 unspecified atom stereocenters. The Morgan fingerprint density at radius 3 is 2.75 bits per heavy atom. The van der Waals surface area contributed by atoms with Gasteiger partial charge in [0, 0.05) is 6.04 Å². The number of nitrogens with two attached hydrogens (primary N) is 1. The van der Waals surface area contributed by atoms with Crippen molar-refractivity contribution in [2.24, 2.45) is 5.92 Å². The van der Waals surface area contributed by atoms with Crippen molar-refractivity contribution in [3.05, 3.63) is 12.1 Å². The van der Waals surface area contributed by atoms with Gasteiger partial charge in [0.05, 0.1) is 11.8 Å². The van der Waals surface area contributed by atoms with Crippen molar-refractivity contribution in [1.82, 2.24) is 4.98 Å². The van der Waals surface area contributed by atoms with Crippen molar-refractivity contribution in [2.75, 3.05) is 11.1 Å². The van der Waals surface area contributed by atoms with Crippen molar-refractivity contribution in [1.29, 1.82) is 0 Å². The Kier molecular flexibility index (Phi) is 2.90. The number of nitrogens with zero attached hydrogens (tertiary/aromatic N) is 1. The number of aromatic nitrogens is 1. The van der Waals surface area contributed by atoms with Gasteiger partial charge in [-0.1, -0.05) is 6.92 Å². The third-order valence-electron chi connectivity index (χ3n) is 2.68. The van der Waals surface area contributed by atoms with Crippen LogP contribution in [0.15, 0.2) is 12.1 Å².